The predicted molar refractivity (Wildman–Crippen MR) is 67.5 cm³/mol. The van der Waals surface area contributed by atoms with Gasteiger partial charge in [-0.05, 0) is 12.1 Å². The summed E-state index contributed by atoms with van der Waals surface area (Å²) in [5, 5.41) is 0.769. The van der Waals surface area contributed by atoms with Crippen LogP contribution in [-0.2, 0) is 6.54 Å². The minimum atomic E-state index is 0.0480. The molecule has 0 spiro atoms. The quantitative estimate of drug-likeness (QED) is 0.829. The molecule has 5 heteroatoms. The van der Waals surface area contributed by atoms with Gasteiger partial charge in [0.1, 0.15) is 0 Å². The number of aryl methyl sites for hydroxylation is 1. The summed E-state index contributed by atoms with van der Waals surface area (Å²) in [7, 11) is 0. The zero-order valence-corrected chi connectivity index (χ0v) is 9.61. The van der Waals surface area contributed by atoms with E-state index in [9.17, 15) is 4.79 Å². The van der Waals surface area contributed by atoms with E-state index in [1.165, 1.54) is 11.5 Å². The molecule has 0 aliphatic rings. The van der Waals surface area contributed by atoms with Crippen LogP contribution >= 0.6 is 23.8 Å². The summed E-state index contributed by atoms with van der Waals surface area (Å²) in [5.74, 6) is 0. The molecule has 0 radical (unpaired) electrons. The molecule has 2 aromatic rings. The van der Waals surface area contributed by atoms with Crippen molar-refractivity contribution in [2.24, 2.45) is 5.73 Å². The van der Waals surface area contributed by atoms with Crippen molar-refractivity contribution in [1.29, 1.82) is 0 Å². The standard InChI is InChI=1S/C10H10N2OS2/c11-9(14)5-6-12-10(13)7-3-1-2-4-8(7)15-12/h1-4H,5-6H2,(H2,11,14). The molecule has 15 heavy (non-hydrogen) atoms. The molecule has 78 valence electrons. The zero-order valence-electron chi connectivity index (χ0n) is 7.97. The van der Waals surface area contributed by atoms with Crippen molar-refractivity contribution in [2.45, 2.75) is 13.0 Å². The monoisotopic (exact) mass is 238 g/mol. The van der Waals surface area contributed by atoms with Crippen molar-refractivity contribution in [3.63, 3.8) is 0 Å². The Hall–Kier alpha value is -1.20. The van der Waals surface area contributed by atoms with Crippen LogP contribution in [0.15, 0.2) is 29.1 Å². The third-order valence-electron chi connectivity index (χ3n) is 2.11. The summed E-state index contributed by atoms with van der Waals surface area (Å²) < 4.78 is 2.70. The zero-order chi connectivity index (χ0) is 10.8. The van der Waals surface area contributed by atoms with E-state index in [0.717, 1.165) is 10.1 Å². The van der Waals surface area contributed by atoms with Crippen LogP contribution in [0.4, 0.5) is 0 Å². The van der Waals surface area contributed by atoms with Gasteiger partial charge in [-0.1, -0.05) is 35.9 Å². The fraction of sp³-hybridized carbons (Fsp3) is 0.200. The lowest BCUT2D eigenvalue weighted by atomic mass is 10.3. The van der Waals surface area contributed by atoms with Crippen LogP contribution in [0.1, 0.15) is 6.42 Å². The van der Waals surface area contributed by atoms with E-state index >= 15 is 0 Å². The predicted octanol–water partition coefficient (Wildman–Crippen LogP) is 1.74. The van der Waals surface area contributed by atoms with Crippen LogP contribution in [0.3, 0.4) is 0 Å². The second-order valence-corrected chi connectivity index (χ2v) is 4.80. The Morgan fingerprint density at radius 1 is 1.47 bits per heavy atom. The van der Waals surface area contributed by atoms with Gasteiger partial charge in [0.05, 0.1) is 15.1 Å². The van der Waals surface area contributed by atoms with Crippen molar-refractivity contribution < 1.29 is 0 Å². The third kappa shape index (κ3) is 2.08. The Morgan fingerprint density at radius 3 is 2.87 bits per heavy atom. The molecule has 0 fully saturated rings. The lowest BCUT2D eigenvalue weighted by Gasteiger charge is -1.97. The summed E-state index contributed by atoms with van der Waals surface area (Å²) in [4.78, 5) is 12.3. The van der Waals surface area contributed by atoms with Gasteiger partial charge in [0.25, 0.3) is 5.56 Å². The average Bonchev–Trinajstić information content (AvgIpc) is 2.54. The van der Waals surface area contributed by atoms with E-state index in [-0.39, 0.29) is 5.56 Å². The molecule has 2 rings (SSSR count). The summed E-state index contributed by atoms with van der Waals surface area (Å²) in [5.41, 5.74) is 5.45. The second-order valence-electron chi connectivity index (χ2n) is 3.21. The summed E-state index contributed by atoms with van der Waals surface area (Å²) in [6, 6.07) is 7.58. The van der Waals surface area contributed by atoms with E-state index < -0.39 is 0 Å². The molecule has 0 saturated carbocycles. The topological polar surface area (TPSA) is 48.0 Å². The highest BCUT2D eigenvalue weighted by Crippen LogP contribution is 2.15. The van der Waals surface area contributed by atoms with Crippen LogP contribution in [0, 0.1) is 0 Å². The molecular weight excluding hydrogens is 228 g/mol. The maximum atomic E-state index is 11.8. The number of hydrogen-bond donors (Lipinski definition) is 1. The summed E-state index contributed by atoms with van der Waals surface area (Å²) in [6.45, 7) is 0.577. The van der Waals surface area contributed by atoms with Gasteiger partial charge >= 0.3 is 0 Å². The molecular formula is C10H10N2OS2. The first-order valence-electron chi connectivity index (χ1n) is 4.55. The SMILES string of the molecule is NC(=S)CCn1sc2ccccc2c1=O. The van der Waals surface area contributed by atoms with E-state index in [4.69, 9.17) is 18.0 Å². The molecule has 1 aromatic carbocycles. The van der Waals surface area contributed by atoms with Gasteiger partial charge in [-0.25, -0.2) is 0 Å². The van der Waals surface area contributed by atoms with Gasteiger partial charge in [0.15, 0.2) is 0 Å². The molecule has 0 aliphatic heterocycles. The van der Waals surface area contributed by atoms with Gasteiger partial charge in [-0.15, -0.1) is 0 Å². The van der Waals surface area contributed by atoms with Crippen LogP contribution in [0.5, 0.6) is 0 Å². The highest BCUT2D eigenvalue weighted by molar-refractivity contribution is 7.80. The molecule has 2 N–H and O–H groups in total. The Labute approximate surface area is 96.3 Å². The largest absolute Gasteiger partial charge is 0.393 e. The minimum absolute atomic E-state index is 0.0480. The number of hydrogen-bond acceptors (Lipinski definition) is 3. The first kappa shape index (κ1) is 10.3. The van der Waals surface area contributed by atoms with Gasteiger partial charge < -0.3 is 5.73 Å². The van der Waals surface area contributed by atoms with Crippen molar-refractivity contribution >= 4 is 38.8 Å². The van der Waals surface area contributed by atoms with Gasteiger partial charge in [-0.2, -0.15) is 0 Å². The van der Waals surface area contributed by atoms with Gasteiger partial charge in [0.2, 0.25) is 0 Å². The molecule has 1 aromatic heterocycles. The van der Waals surface area contributed by atoms with Crippen molar-refractivity contribution in [2.75, 3.05) is 0 Å². The Morgan fingerprint density at radius 2 is 2.20 bits per heavy atom. The molecule has 0 saturated heterocycles. The first-order valence-corrected chi connectivity index (χ1v) is 5.74. The van der Waals surface area contributed by atoms with Crippen LogP contribution in [-0.4, -0.2) is 8.95 Å². The summed E-state index contributed by atoms with van der Waals surface area (Å²) in [6.07, 6.45) is 0.571. The van der Waals surface area contributed by atoms with Crippen molar-refractivity contribution in [1.82, 2.24) is 3.96 Å². The number of fused-ring (bicyclic) bond motifs is 1. The lowest BCUT2D eigenvalue weighted by molar-refractivity contribution is 0.772. The van der Waals surface area contributed by atoms with E-state index in [1.807, 2.05) is 24.3 Å². The fourth-order valence-electron chi connectivity index (χ4n) is 1.38. The molecule has 3 nitrogen and oxygen atoms in total. The van der Waals surface area contributed by atoms with E-state index in [0.29, 0.717) is 18.0 Å². The fourth-order valence-corrected chi connectivity index (χ4v) is 2.46. The van der Waals surface area contributed by atoms with E-state index in [1.54, 1.807) is 3.96 Å². The van der Waals surface area contributed by atoms with E-state index in [2.05, 4.69) is 0 Å². The van der Waals surface area contributed by atoms with Gasteiger partial charge in [-0.3, -0.25) is 8.75 Å². The van der Waals surface area contributed by atoms with Crippen molar-refractivity contribution in [3.05, 3.63) is 34.6 Å². The molecule has 0 bridgehead atoms. The molecule has 0 unspecified atom stereocenters. The molecule has 1 heterocycles. The normalized spacial score (nSPS) is 10.7. The van der Waals surface area contributed by atoms with Gasteiger partial charge in [0, 0.05) is 13.0 Å². The first-order chi connectivity index (χ1) is 7.18. The minimum Gasteiger partial charge on any atom is -0.393 e. The maximum absolute atomic E-state index is 11.8. The highest BCUT2D eigenvalue weighted by Gasteiger charge is 2.06. The number of rotatable bonds is 3. The third-order valence-corrected chi connectivity index (χ3v) is 3.44. The number of thiocarbonyl (C=S) groups is 1. The molecule has 0 aliphatic carbocycles. The Balaban J connectivity index is 2.40. The maximum Gasteiger partial charge on any atom is 0.268 e. The second kappa shape index (κ2) is 4.12. The smallest absolute Gasteiger partial charge is 0.268 e. The average molecular weight is 238 g/mol. The highest BCUT2D eigenvalue weighted by atomic mass is 32.1. The van der Waals surface area contributed by atoms with Crippen LogP contribution < -0.4 is 11.3 Å². The Bertz CT molecular complexity index is 556. The van der Waals surface area contributed by atoms with Crippen molar-refractivity contribution in [3.8, 4) is 0 Å². The number of benzene rings is 1. The Kier molecular flexibility index (Phi) is 2.83. The molecule has 0 amide bonds. The number of nitrogens with two attached hydrogens (primary N) is 1. The summed E-state index contributed by atoms with van der Waals surface area (Å²) >= 11 is 6.24. The number of aromatic nitrogens is 1. The van der Waals surface area contributed by atoms with Crippen LogP contribution in [0.2, 0.25) is 0 Å². The lowest BCUT2D eigenvalue weighted by Crippen LogP contribution is -2.17. The van der Waals surface area contributed by atoms with Crippen LogP contribution in [0.25, 0.3) is 10.1 Å². The number of nitrogens with zero attached hydrogens (tertiary/aromatic N) is 1. The molecule has 0 atom stereocenters.